The van der Waals surface area contributed by atoms with Crippen LogP contribution in [0.1, 0.15) is 12.0 Å². The lowest BCUT2D eigenvalue weighted by Gasteiger charge is -2.12. The Morgan fingerprint density at radius 3 is 2.78 bits per heavy atom. The summed E-state index contributed by atoms with van der Waals surface area (Å²) in [5.74, 6) is -0.585. The van der Waals surface area contributed by atoms with Crippen LogP contribution in [0.3, 0.4) is 0 Å². The van der Waals surface area contributed by atoms with Gasteiger partial charge < -0.3 is 10.5 Å². The summed E-state index contributed by atoms with van der Waals surface area (Å²) in [6.45, 7) is 2.37. The third-order valence-corrected chi connectivity index (χ3v) is 4.32. The fourth-order valence-electron chi connectivity index (χ4n) is 1.83. The molecule has 0 aliphatic carbocycles. The van der Waals surface area contributed by atoms with Crippen LogP contribution in [-0.4, -0.2) is 27.7 Å². The Balaban J connectivity index is 2.29. The monoisotopic (exact) mass is 274 g/mol. The fourth-order valence-corrected chi connectivity index (χ4v) is 3.21. The van der Waals surface area contributed by atoms with Gasteiger partial charge in [0.2, 0.25) is 10.0 Å². The highest BCUT2D eigenvalue weighted by Crippen LogP contribution is 2.21. The highest BCUT2D eigenvalue weighted by atomic mass is 32.2. The lowest BCUT2D eigenvalue weighted by atomic mass is 10.2. The Kier molecular flexibility index (Phi) is 3.56. The maximum Gasteiger partial charge on any atom is 0.240 e. The molecule has 7 heteroatoms. The Morgan fingerprint density at radius 1 is 1.50 bits per heavy atom. The molecule has 0 bridgehead atoms. The summed E-state index contributed by atoms with van der Waals surface area (Å²) in [6, 6.07) is 2.16. The zero-order valence-electron chi connectivity index (χ0n) is 9.94. The zero-order valence-corrected chi connectivity index (χ0v) is 10.8. The molecule has 1 unspecified atom stereocenters. The normalized spacial score (nSPS) is 20.2. The number of aryl methyl sites for hydroxylation is 1. The third kappa shape index (κ3) is 2.63. The summed E-state index contributed by atoms with van der Waals surface area (Å²) in [4.78, 5) is -0.0224. The molecule has 100 valence electrons. The van der Waals surface area contributed by atoms with Crippen molar-refractivity contribution < 1.29 is 17.5 Å². The standard InChI is InChI=1S/C11H15FN2O3S/c1-7-4-9(5-10(13)11(7)12)18(15,16)14-8-2-3-17-6-8/h4-5,8,14H,2-3,6,13H2,1H3. The van der Waals surface area contributed by atoms with Gasteiger partial charge in [-0.25, -0.2) is 17.5 Å². The molecule has 1 aliphatic rings. The summed E-state index contributed by atoms with van der Waals surface area (Å²) in [7, 11) is -3.68. The molecule has 1 aromatic carbocycles. The topological polar surface area (TPSA) is 81.4 Å². The van der Waals surface area contributed by atoms with Crippen molar-refractivity contribution in [2.24, 2.45) is 0 Å². The summed E-state index contributed by atoms with van der Waals surface area (Å²) in [6.07, 6.45) is 0.634. The highest BCUT2D eigenvalue weighted by molar-refractivity contribution is 7.89. The molecular weight excluding hydrogens is 259 g/mol. The number of sulfonamides is 1. The van der Waals surface area contributed by atoms with Crippen LogP contribution in [-0.2, 0) is 14.8 Å². The summed E-state index contributed by atoms with van der Waals surface area (Å²) >= 11 is 0. The van der Waals surface area contributed by atoms with Crippen LogP contribution < -0.4 is 10.5 Å². The first kappa shape index (κ1) is 13.3. The van der Waals surface area contributed by atoms with Crippen LogP contribution in [0.4, 0.5) is 10.1 Å². The molecule has 1 saturated heterocycles. The van der Waals surface area contributed by atoms with E-state index in [1.165, 1.54) is 13.0 Å². The second-order valence-electron chi connectivity index (χ2n) is 4.33. The summed E-state index contributed by atoms with van der Waals surface area (Å²) in [5.41, 5.74) is 5.47. The summed E-state index contributed by atoms with van der Waals surface area (Å²) < 4.78 is 45.1. The van der Waals surface area contributed by atoms with Gasteiger partial charge in [-0.05, 0) is 31.0 Å². The van der Waals surface area contributed by atoms with E-state index in [9.17, 15) is 12.8 Å². The van der Waals surface area contributed by atoms with Crippen molar-refractivity contribution in [3.8, 4) is 0 Å². The van der Waals surface area contributed by atoms with E-state index in [1.807, 2.05) is 0 Å². The number of ether oxygens (including phenoxy) is 1. The minimum absolute atomic E-state index is 0.0224. The third-order valence-electron chi connectivity index (χ3n) is 2.82. The van der Waals surface area contributed by atoms with E-state index in [1.54, 1.807) is 0 Å². The van der Waals surface area contributed by atoms with Crippen molar-refractivity contribution in [2.75, 3.05) is 18.9 Å². The molecule has 1 fully saturated rings. The molecule has 2 rings (SSSR count). The zero-order chi connectivity index (χ0) is 13.3. The molecule has 0 spiro atoms. The number of halogens is 1. The van der Waals surface area contributed by atoms with E-state index >= 15 is 0 Å². The average Bonchev–Trinajstić information content (AvgIpc) is 2.77. The van der Waals surface area contributed by atoms with Crippen LogP contribution in [0, 0.1) is 12.7 Å². The number of nitrogen functional groups attached to an aromatic ring is 1. The van der Waals surface area contributed by atoms with Crippen molar-refractivity contribution in [1.82, 2.24) is 4.72 Å². The molecule has 1 heterocycles. The first-order valence-electron chi connectivity index (χ1n) is 5.56. The van der Waals surface area contributed by atoms with Gasteiger partial charge in [0.05, 0.1) is 17.2 Å². The van der Waals surface area contributed by atoms with E-state index in [0.717, 1.165) is 6.07 Å². The molecule has 1 atom stereocenters. The molecule has 0 amide bonds. The van der Waals surface area contributed by atoms with Gasteiger partial charge in [0.25, 0.3) is 0 Å². The van der Waals surface area contributed by atoms with Gasteiger partial charge in [-0.3, -0.25) is 0 Å². The second kappa shape index (κ2) is 4.83. The van der Waals surface area contributed by atoms with E-state index in [4.69, 9.17) is 10.5 Å². The number of rotatable bonds is 3. The molecule has 3 N–H and O–H groups in total. The molecule has 1 aromatic rings. The molecule has 0 radical (unpaired) electrons. The number of hydrogen-bond acceptors (Lipinski definition) is 4. The fraction of sp³-hybridized carbons (Fsp3) is 0.455. The second-order valence-corrected chi connectivity index (χ2v) is 6.04. The van der Waals surface area contributed by atoms with Crippen molar-refractivity contribution in [3.63, 3.8) is 0 Å². The Bertz CT molecular complexity index is 530. The maximum absolute atomic E-state index is 13.3. The molecule has 0 saturated carbocycles. The Hall–Kier alpha value is -1.18. The number of benzene rings is 1. The first-order valence-corrected chi connectivity index (χ1v) is 7.04. The van der Waals surface area contributed by atoms with Gasteiger partial charge in [-0.2, -0.15) is 0 Å². The van der Waals surface area contributed by atoms with E-state index in [-0.39, 0.29) is 22.2 Å². The van der Waals surface area contributed by atoms with Gasteiger partial charge in [-0.1, -0.05) is 0 Å². The minimum atomic E-state index is -3.68. The quantitative estimate of drug-likeness (QED) is 0.798. The Morgan fingerprint density at radius 2 is 2.22 bits per heavy atom. The molecule has 18 heavy (non-hydrogen) atoms. The van der Waals surface area contributed by atoms with E-state index < -0.39 is 15.8 Å². The van der Waals surface area contributed by atoms with Crippen LogP contribution in [0.15, 0.2) is 17.0 Å². The largest absolute Gasteiger partial charge is 0.396 e. The smallest absolute Gasteiger partial charge is 0.240 e. The average molecular weight is 274 g/mol. The molecule has 0 aromatic heterocycles. The highest BCUT2D eigenvalue weighted by Gasteiger charge is 2.24. The van der Waals surface area contributed by atoms with E-state index in [0.29, 0.717) is 19.6 Å². The number of nitrogens with two attached hydrogens (primary N) is 1. The Labute approximate surface area is 105 Å². The van der Waals surface area contributed by atoms with Crippen LogP contribution in [0.25, 0.3) is 0 Å². The van der Waals surface area contributed by atoms with Gasteiger partial charge >= 0.3 is 0 Å². The minimum Gasteiger partial charge on any atom is -0.396 e. The number of anilines is 1. The van der Waals surface area contributed by atoms with Crippen molar-refractivity contribution in [2.45, 2.75) is 24.3 Å². The van der Waals surface area contributed by atoms with Gasteiger partial charge in [0.15, 0.2) is 0 Å². The molecular formula is C11H15FN2O3S. The summed E-state index contributed by atoms with van der Waals surface area (Å²) in [5, 5.41) is 0. The van der Waals surface area contributed by atoms with Crippen LogP contribution in [0.5, 0.6) is 0 Å². The lowest BCUT2D eigenvalue weighted by molar-refractivity contribution is 0.192. The number of nitrogens with one attached hydrogen (secondary N) is 1. The van der Waals surface area contributed by atoms with Gasteiger partial charge in [0, 0.05) is 12.6 Å². The van der Waals surface area contributed by atoms with Gasteiger partial charge in [0.1, 0.15) is 5.82 Å². The number of hydrogen-bond donors (Lipinski definition) is 2. The van der Waals surface area contributed by atoms with Crippen LogP contribution >= 0.6 is 0 Å². The predicted octanol–water partition coefficient (Wildman–Crippen LogP) is 0.784. The van der Waals surface area contributed by atoms with Crippen molar-refractivity contribution in [1.29, 1.82) is 0 Å². The molecule has 1 aliphatic heterocycles. The molecule has 5 nitrogen and oxygen atoms in total. The lowest BCUT2D eigenvalue weighted by Crippen LogP contribution is -2.35. The van der Waals surface area contributed by atoms with Crippen LogP contribution in [0.2, 0.25) is 0 Å². The van der Waals surface area contributed by atoms with E-state index in [2.05, 4.69) is 4.72 Å². The van der Waals surface area contributed by atoms with Crippen molar-refractivity contribution in [3.05, 3.63) is 23.5 Å². The van der Waals surface area contributed by atoms with Crippen molar-refractivity contribution >= 4 is 15.7 Å². The predicted molar refractivity (Wildman–Crippen MR) is 65.1 cm³/mol. The first-order chi connectivity index (χ1) is 8.40. The maximum atomic E-state index is 13.3. The SMILES string of the molecule is Cc1cc(S(=O)(=O)NC2CCOC2)cc(N)c1F. The van der Waals surface area contributed by atoms with Gasteiger partial charge in [-0.15, -0.1) is 0 Å².